The van der Waals surface area contributed by atoms with Gasteiger partial charge >= 0.3 is 0 Å². The number of rotatable bonds is 2. The molecule has 0 aromatic carbocycles. The Hall–Kier alpha value is -1.30. The largest absolute Gasteiger partial charge is 0.457 e. The zero-order valence-electron chi connectivity index (χ0n) is 7.77. The molecule has 1 aromatic rings. The van der Waals surface area contributed by atoms with Crippen LogP contribution in [-0.2, 0) is 4.79 Å². The van der Waals surface area contributed by atoms with Gasteiger partial charge in [0, 0.05) is 12.6 Å². The first-order chi connectivity index (χ1) is 7.09. The van der Waals surface area contributed by atoms with Crippen LogP contribution in [0, 0.1) is 0 Å². The average Bonchev–Trinajstić information content (AvgIpc) is 2.48. The van der Waals surface area contributed by atoms with Crippen molar-refractivity contribution in [2.45, 2.75) is 12.5 Å². The van der Waals surface area contributed by atoms with Crippen LogP contribution in [-0.4, -0.2) is 29.3 Å². The Bertz CT molecular complexity index is 415. The number of carbonyl (C=O) groups is 2. The molecule has 1 saturated heterocycles. The molecule has 2 amide bonds. The minimum Gasteiger partial charge on any atom is -0.457 e. The molecule has 1 aliphatic heterocycles. The number of hydrogen-bond donors (Lipinski definition) is 1. The fraction of sp³-hybridized carbons (Fsp3) is 0.333. The molecule has 1 aromatic heterocycles. The summed E-state index contributed by atoms with van der Waals surface area (Å²) in [7, 11) is 0. The molecule has 15 heavy (non-hydrogen) atoms. The van der Waals surface area contributed by atoms with E-state index >= 15 is 0 Å². The predicted molar refractivity (Wildman–Crippen MR) is 55.0 cm³/mol. The van der Waals surface area contributed by atoms with E-state index in [2.05, 4.69) is 15.9 Å². The lowest BCUT2D eigenvalue weighted by atomic mass is 10.0. The molecule has 0 saturated carbocycles. The van der Waals surface area contributed by atoms with Gasteiger partial charge < -0.3 is 15.1 Å². The Labute approximate surface area is 94.3 Å². The Kier molecular flexibility index (Phi) is 2.52. The van der Waals surface area contributed by atoms with Crippen LogP contribution in [0.5, 0.6) is 0 Å². The Balaban J connectivity index is 2.12. The number of amides is 2. The third-order valence-electron chi connectivity index (χ3n) is 2.42. The molecule has 0 radical (unpaired) electrons. The van der Waals surface area contributed by atoms with Gasteiger partial charge in [0.1, 0.15) is 12.3 Å². The van der Waals surface area contributed by atoms with Crippen molar-refractivity contribution in [2.75, 3.05) is 6.54 Å². The molecular weight excluding hydrogens is 264 g/mol. The van der Waals surface area contributed by atoms with Crippen molar-refractivity contribution in [3.05, 3.63) is 22.6 Å². The number of nitrogens with two attached hydrogens (primary N) is 1. The minimum atomic E-state index is -0.467. The fourth-order valence-corrected chi connectivity index (χ4v) is 1.85. The Morgan fingerprint density at radius 1 is 1.60 bits per heavy atom. The first-order valence-electron chi connectivity index (χ1n) is 4.44. The van der Waals surface area contributed by atoms with Crippen LogP contribution in [0.4, 0.5) is 0 Å². The highest BCUT2D eigenvalue weighted by Gasteiger charge is 2.36. The second kappa shape index (κ2) is 3.69. The van der Waals surface area contributed by atoms with Crippen molar-refractivity contribution < 1.29 is 14.0 Å². The van der Waals surface area contributed by atoms with Gasteiger partial charge in [0.2, 0.25) is 5.91 Å². The summed E-state index contributed by atoms with van der Waals surface area (Å²) in [5, 5.41) is 0. The van der Waals surface area contributed by atoms with Crippen molar-refractivity contribution in [3.63, 3.8) is 0 Å². The Morgan fingerprint density at radius 3 is 2.73 bits per heavy atom. The van der Waals surface area contributed by atoms with Crippen LogP contribution < -0.4 is 5.73 Å². The molecule has 5 nitrogen and oxygen atoms in total. The topological polar surface area (TPSA) is 76.5 Å². The van der Waals surface area contributed by atoms with Gasteiger partial charge in [0.05, 0.1) is 5.56 Å². The fourth-order valence-electron chi connectivity index (χ4n) is 1.51. The van der Waals surface area contributed by atoms with Crippen LogP contribution in [0.15, 0.2) is 21.4 Å². The first-order valence-corrected chi connectivity index (χ1v) is 5.23. The summed E-state index contributed by atoms with van der Waals surface area (Å²) in [4.78, 5) is 24.2. The second-order valence-corrected chi connectivity index (χ2v) is 4.13. The van der Waals surface area contributed by atoms with Crippen LogP contribution >= 0.6 is 15.9 Å². The van der Waals surface area contributed by atoms with Gasteiger partial charge in [0.25, 0.3) is 5.91 Å². The maximum atomic E-state index is 11.8. The molecule has 80 valence electrons. The summed E-state index contributed by atoms with van der Waals surface area (Å²) in [5.41, 5.74) is 5.57. The molecule has 1 atom stereocenters. The van der Waals surface area contributed by atoms with E-state index in [1.165, 1.54) is 11.2 Å². The summed E-state index contributed by atoms with van der Waals surface area (Å²) >= 11 is 3.10. The zero-order valence-corrected chi connectivity index (χ0v) is 9.36. The zero-order chi connectivity index (χ0) is 11.0. The number of halogens is 1. The van der Waals surface area contributed by atoms with E-state index in [-0.39, 0.29) is 5.91 Å². The number of carbonyl (C=O) groups excluding carboxylic acids is 2. The number of primary amides is 1. The highest BCUT2D eigenvalue weighted by atomic mass is 79.9. The van der Waals surface area contributed by atoms with Crippen LogP contribution in [0.25, 0.3) is 0 Å². The molecule has 0 spiro atoms. The van der Waals surface area contributed by atoms with Gasteiger partial charge in [-0.05, 0) is 22.4 Å². The van der Waals surface area contributed by atoms with E-state index in [0.29, 0.717) is 23.2 Å². The third kappa shape index (κ3) is 1.77. The van der Waals surface area contributed by atoms with Crippen LogP contribution in [0.1, 0.15) is 16.8 Å². The van der Waals surface area contributed by atoms with Crippen LogP contribution in [0.3, 0.4) is 0 Å². The van der Waals surface area contributed by atoms with Crippen molar-refractivity contribution in [1.29, 1.82) is 0 Å². The van der Waals surface area contributed by atoms with Crippen molar-refractivity contribution >= 4 is 27.7 Å². The standard InChI is InChI=1S/C9H9BrN2O3/c10-7-3-5(4-15-7)9(14)12-2-1-6(12)8(11)13/h3-4,6H,1-2H2,(H2,11,13). The number of nitrogens with zero attached hydrogens (tertiary/aromatic N) is 1. The highest BCUT2D eigenvalue weighted by molar-refractivity contribution is 9.10. The van der Waals surface area contributed by atoms with Gasteiger partial charge in [-0.25, -0.2) is 0 Å². The van der Waals surface area contributed by atoms with Crippen LogP contribution in [0.2, 0.25) is 0 Å². The lowest BCUT2D eigenvalue weighted by Crippen LogP contribution is -2.57. The number of furan rings is 1. The predicted octanol–water partition coefficient (Wildman–Crippen LogP) is 0.742. The van der Waals surface area contributed by atoms with Gasteiger partial charge in [-0.15, -0.1) is 0 Å². The van der Waals surface area contributed by atoms with E-state index in [1.807, 2.05) is 0 Å². The molecular formula is C9H9BrN2O3. The normalized spacial score (nSPS) is 19.8. The molecule has 0 bridgehead atoms. The SMILES string of the molecule is NC(=O)C1CCN1C(=O)c1coc(Br)c1. The quantitative estimate of drug-likeness (QED) is 0.863. The highest BCUT2D eigenvalue weighted by Crippen LogP contribution is 2.22. The Morgan fingerprint density at radius 2 is 2.33 bits per heavy atom. The summed E-state index contributed by atoms with van der Waals surface area (Å²) in [6.45, 7) is 0.565. The molecule has 1 unspecified atom stereocenters. The first kappa shape index (κ1) is 10.2. The van der Waals surface area contributed by atoms with E-state index < -0.39 is 11.9 Å². The molecule has 2 heterocycles. The second-order valence-electron chi connectivity index (χ2n) is 3.34. The maximum absolute atomic E-state index is 11.8. The number of hydrogen-bond acceptors (Lipinski definition) is 3. The molecule has 6 heteroatoms. The van der Waals surface area contributed by atoms with Crippen molar-refractivity contribution in [1.82, 2.24) is 4.90 Å². The minimum absolute atomic E-state index is 0.223. The molecule has 0 aliphatic carbocycles. The molecule has 2 N–H and O–H groups in total. The summed E-state index contributed by atoms with van der Waals surface area (Å²) in [5.74, 6) is -0.684. The monoisotopic (exact) mass is 272 g/mol. The molecule has 2 rings (SSSR count). The van der Waals surface area contributed by atoms with Gasteiger partial charge in [-0.1, -0.05) is 0 Å². The third-order valence-corrected chi connectivity index (χ3v) is 2.84. The molecule has 1 fully saturated rings. The van der Waals surface area contributed by atoms with Gasteiger partial charge in [-0.3, -0.25) is 9.59 Å². The van der Waals surface area contributed by atoms with E-state index in [1.54, 1.807) is 6.07 Å². The summed E-state index contributed by atoms with van der Waals surface area (Å²) < 4.78 is 5.44. The van der Waals surface area contributed by atoms with Crippen molar-refractivity contribution in [2.24, 2.45) is 5.73 Å². The van der Waals surface area contributed by atoms with E-state index in [4.69, 9.17) is 10.2 Å². The van der Waals surface area contributed by atoms with E-state index in [9.17, 15) is 9.59 Å². The molecule has 1 aliphatic rings. The summed E-state index contributed by atoms with van der Waals surface area (Å²) in [6.07, 6.45) is 1.99. The number of likely N-dealkylation sites (tertiary alicyclic amines) is 1. The van der Waals surface area contributed by atoms with Gasteiger partial charge in [-0.2, -0.15) is 0 Å². The lowest BCUT2D eigenvalue weighted by Gasteiger charge is -2.38. The summed E-state index contributed by atoms with van der Waals surface area (Å²) in [6, 6.07) is 1.10. The smallest absolute Gasteiger partial charge is 0.257 e. The van der Waals surface area contributed by atoms with Crippen molar-refractivity contribution in [3.8, 4) is 0 Å². The maximum Gasteiger partial charge on any atom is 0.257 e. The average molecular weight is 273 g/mol. The van der Waals surface area contributed by atoms with Gasteiger partial charge in [0.15, 0.2) is 4.67 Å². The lowest BCUT2D eigenvalue weighted by molar-refractivity contribution is -0.125. The van der Waals surface area contributed by atoms with E-state index in [0.717, 1.165) is 0 Å².